The number of aryl methyl sites for hydroxylation is 1. The maximum absolute atomic E-state index is 12.8. The summed E-state index contributed by atoms with van der Waals surface area (Å²) in [5.74, 6) is -4.75. The van der Waals surface area contributed by atoms with Crippen molar-refractivity contribution in [3.63, 3.8) is 0 Å². The number of rotatable bonds is 13. The Morgan fingerprint density at radius 1 is 0.905 bits per heavy atom. The van der Waals surface area contributed by atoms with Crippen molar-refractivity contribution in [1.29, 1.82) is 0 Å². The highest BCUT2D eigenvalue weighted by Gasteiger charge is 2.40. The largest absolute Gasteiger partial charge is 0.478 e. The van der Waals surface area contributed by atoms with Crippen molar-refractivity contribution in [2.24, 2.45) is 0 Å². The molecule has 0 aromatic heterocycles. The summed E-state index contributed by atoms with van der Waals surface area (Å²) < 4.78 is 10.8. The van der Waals surface area contributed by atoms with Gasteiger partial charge in [0.1, 0.15) is 0 Å². The van der Waals surface area contributed by atoms with E-state index in [0.29, 0.717) is 19.6 Å². The molecule has 9 nitrogen and oxygen atoms in total. The number of hydrogen-bond acceptors (Lipinski definition) is 7. The molecule has 0 amide bonds. The number of likely N-dealkylation sites (tertiary alicyclic amines) is 1. The highest BCUT2D eigenvalue weighted by Crippen LogP contribution is 2.45. The molecule has 1 saturated heterocycles. The molecule has 2 aliphatic heterocycles. The lowest BCUT2D eigenvalue weighted by Crippen LogP contribution is -2.34. The number of carboxylic acids is 2. The Morgan fingerprint density at radius 3 is 2.14 bits per heavy atom. The molecule has 3 N–H and O–H groups in total. The van der Waals surface area contributed by atoms with Crippen LogP contribution in [0.2, 0.25) is 10.0 Å². The monoisotopic (exact) mass is 616 g/mol. The summed E-state index contributed by atoms with van der Waals surface area (Å²) in [6.45, 7) is 4.11. The highest BCUT2D eigenvalue weighted by molar-refractivity contribution is 6.36. The highest BCUT2D eigenvalue weighted by atomic mass is 35.5. The minimum Gasteiger partial charge on any atom is -0.478 e. The number of hydrogen-bond donors (Lipinski definition) is 3. The molecule has 1 fully saturated rings. The number of nitrogens with one attached hydrogen (secondary N) is 1. The zero-order valence-electron chi connectivity index (χ0n) is 23.3. The molecule has 42 heavy (non-hydrogen) atoms. The van der Waals surface area contributed by atoms with Crippen LogP contribution in [-0.4, -0.2) is 66.4 Å². The van der Waals surface area contributed by atoms with Crippen molar-refractivity contribution in [2.75, 3.05) is 33.4 Å². The SMILES string of the molecule is COC(=O)CC1=C(C(=O)O)C(c2c(Cl)cccc2Cl)C(C(=O)O)=C(CCc2ccccc2COCCN2CCCC2)N1. The predicted molar refractivity (Wildman–Crippen MR) is 158 cm³/mol. The van der Waals surface area contributed by atoms with Gasteiger partial charge in [-0.2, -0.15) is 0 Å². The van der Waals surface area contributed by atoms with E-state index in [1.165, 1.54) is 32.1 Å². The molecular weight excluding hydrogens is 583 g/mol. The lowest BCUT2D eigenvalue weighted by Gasteiger charge is -2.32. The van der Waals surface area contributed by atoms with Crippen LogP contribution in [-0.2, 0) is 36.9 Å². The van der Waals surface area contributed by atoms with Crippen LogP contribution in [0.5, 0.6) is 0 Å². The summed E-state index contributed by atoms with van der Waals surface area (Å²) in [5, 5.41) is 23.8. The molecule has 1 unspecified atom stereocenters. The van der Waals surface area contributed by atoms with Crippen LogP contribution in [0.1, 0.15) is 48.3 Å². The number of esters is 1. The van der Waals surface area contributed by atoms with E-state index >= 15 is 0 Å². The summed E-state index contributed by atoms with van der Waals surface area (Å²) in [4.78, 5) is 40.0. The van der Waals surface area contributed by atoms with Crippen molar-refractivity contribution in [2.45, 2.75) is 44.6 Å². The van der Waals surface area contributed by atoms with Gasteiger partial charge < -0.3 is 29.9 Å². The van der Waals surface area contributed by atoms with Gasteiger partial charge >= 0.3 is 17.9 Å². The van der Waals surface area contributed by atoms with E-state index < -0.39 is 30.2 Å². The van der Waals surface area contributed by atoms with Gasteiger partial charge in [0.2, 0.25) is 0 Å². The second-order valence-electron chi connectivity index (χ2n) is 10.2. The number of aliphatic carboxylic acids is 2. The average Bonchev–Trinajstić information content (AvgIpc) is 3.47. The minimum absolute atomic E-state index is 0.0221. The molecule has 4 rings (SSSR count). The Morgan fingerprint density at radius 2 is 1.52 bits per heavy atom. The van der Waals surface area contributed by atoms with Crippen molar-refractivity contribution in [3.05, 3.63) is 91.7 Å². The summed E-state index contributed by atoms with van der Waals surface area (Å²) in [6, 6.07) is 12.4. The fourth-order valence-corrected chi connectivity index (χ4v) is 6.14. The van der Waals surface area contributed by atoms with Gasteiger partial charge in [-0.3, -0.25) is 4.79 Å². The van der Waals surface area contributed by atoms with Gasteiger partial charge in [-0.25, -0.2) is 9.59 Å². The van der Waals surface area contributed by atoms with Gasteiger partial charge in [0.05, 0.1) is 43.8 Å². The smallest absolute Gasteiger partial charge is 0.334 e. The number of carbonyl (C=O) groups excluding carboxylic acids is 1. The second-order valence-corrected chi connectivity index (χ2v) is 11.0. The Balaban J connectivity index is 1.66. The summed E-state index contributed by atoms with van der Waals surface area (Å²) in [6.07, 6.45) is 2.68. The van der Waals surface area contributed by atoms with E-state index in [2.05, 4.69) is 10.2 Å². The fraction of sp³-hybridized carbons (Fsp3) is 0.387. The van der Waals surface area contributed by atoms with Gasteiger partial charge in [0, 0.05) is 33.5 Å². The third-order valence-corrected chi connectivity index (χ3v) is 8.26. The number of benzene rings is 2. The van der Waals surface area contributed by atoms with Crippen LogP contribution >= 0.6 is 23.2 Å². The van der Waals surface area contributed by atoms with Crippen molar-refractivity contribution >= 4 is 41.1 Å². The third kappa shape index (κ3) is 7.52. The number of halogens is 2. The second kappa shape index (κ2) is 14.7. The molecule has 0 spiro atoms. The van der Waals surface area contributed by atoms with Gasteiger partial charge in [0.25, 0.3) is 0 Å². The van der Waals surface area contributed by atoms with E-state index in [9.17, 15) is 24.6 Å². The fourth-order valence-electron chi connectivity index (χ4n) is 5.53. The zero-order chi connectivity index (χ0) is 30.2. The lowest BCUT2D eigenvalue weighted by molar-refractivity contribution is -0.139. The molecule has 0 bridgehead atoms. The van der Waals surface area contributed by atoms with E-state index in [0.717, 1.165) is 30.8 Å². The van der Waals surface area contributed by atoms with Crippen LogP contribution < -0.4 is 5.32 Å². The summed E-state index contributed by atoms with van der Waals surface area (Å²) in [7, 11) is 1.19. The molecular formula is C31H34Cl2N2O7. The van der Waals surface area contributed by atoms with Crippen LogP contribution in [0.3, 0.4) is 0 Å². The number of carboxylic acid groups (broad SMARTS) is 2. The van der Waals surface area contributed by atoms with Gasteiger partial charge in [0.15, 0.2) is 0 Å². The first-order valence-corrected chi connectivity index (χ1v) is 14.5. The van der Waals surface area contributed by atoms with Crippen molar-refractivity contribution < 1.29 is 34.1 Å². The first-order valence-electron chi connectivity index (χ1n) is 13.8. The quantitative estimate of drug-likeness (QED) is 0.206. The van der Waals surface area contributed by atoms with Crippen molar-refractivity contribution in [1.82, 2.24) is 10.2 Å². The Bertz CT molecular complexity index is 1380. The Kier molecular flexibility index (Phi) is 11.0. The third-order valence-electron chi connectivity index (χ3n) is 7.60. The van der Waals surface area contributed by atoms with Gasteiger partial charge in [-0.1, -0.05) is 53.5 Å². The summed E-state index contributed by atoms with van der Waals surface area (Å²) >= 11 is 13.0. The normalized spacial score (nSPS) is 17.4. The van der Waals surface area contributed by atoms with Crippen LogP contribution in [0.25, 0.3) is 0 Å². The number of ether oxygens (including phenoxy) is 2. The standard InChI is InChI=1S/C31H34Cl2N2O7/c1-41-25(36)17-24-28(31(39)40)29(26-21(32)9-6-10-22(26)33)27(30(37)38)23(34-24)12-11-19-7-2-3-8-20(19)18-42-16-15-35-13-4-5-14-35/h2-3,6-10,29,34H,4-5,11-18H2,1H3,(H,37,38)(H,39,40). The van der Waals surface area contributed by atoms with E-state index in [1.807, 2.05) is 24.3 Å². The van der Waals surface area contributed by atoms with Gasteiger partial charge in [-0.15, -0.1) is 0 Å². The maximum Gasteiger partial charge on any atom is 0.334 e. The molecule has 0 aliphatic carbocycles. The minimum atomic E-state index is -1.41. The first kappa shape index (κ1) is 31.6. The molecule has 11 heteroatoms. The predicted octanol–water partition coefficient (Wildman–Crippen LogP) is 5.17. The zero-order valence-corrected chi connectivity index (χ0v) is 24.8. The maximum atomic E-state index is 12.8. The first-order chi connectivity index (χ1) is 20.2. The van der Waals surface area contributed by atoms with Crippen molar-refractivity contribution in [3.8, 4) is 0 Å². The number of methoxy groups -OCH3 is 1. The molecule has 2 aromatic rings. The van der Waals surface area contributed by atoms with Crippen LogP contribution in [0, 0.1) is 0 Å². The van der Waals surface area contributed by atoms with E-state index in [4.69, 9.17) is 32.7 Å². The number of dihydropyridines is 1. The lowest BCUT2D eigenvalue weighted by atomic mass is 9.78. The Hall–Kier alpha value is -3.37. The molecule has 0 radical (unpaired) electrons. The van der Waals surface area contributed by atoms with E-state index in [1.54, 1.807) is 6.07 Å². The van der Waals surface area contributed by atoms with Crippen LogP contribution in [0.15, 0.2) is 65.0 Å². The molecule has 1 atom stereocenters. The topological polar surface area (TPSA) is 125 Å². The number of allylic oxidation sites excluding steroid dienone is 1. The molecule has 2 heterocycles. The summed E-state index contributed by atoms with van der Waals surface area (Å²) in [5.41, 5.74) is 1.84. The molecule has 0 saturated carbocycles. The van der Waals surface area contributed by atoms with E-state index in [-0.39, 0.29) is 44.6 Å². The molecule has 2 aliphatic rings. The van der Waals surface area contributed by atoms with Crippen LogP contribution in [0.4, 0.5) is 0 Å². The number of nitrogens with zero attached hydrogens (tertiary/aromatic N) is 1. The molecule has 2 aromatic carbocycles. The average molecular weight is 618 g/mol. The number of carbonyl (C=O) groups is 3. The Labute approximate surface area is 254 Å². The molecule has 224 valence electrons. The van der Waals surface area contributed by atoms with Gasteiger partial charge in [-0.05, 0) is 62.0 Å².